The molecule has 1 aromatic heterocycles. The fraction of sp³-hybridized carbons (Fsp3) is 0.174. The summed E-state index contributed by atoms with van der Waals surface area (Å²) in [5.74, 6) is 0. The number of rotatable bonds is 5. The van der Waals surface area contributed by atoms with Gasteiger partial charge in [0.25, 0.3) is 0 Å². The number of amides is 1. The van der Waals surface area contributed by atoms with Crippen LogP contribution >= 0.6 is 0 Å². The Balaban J connectivity index is 1.91. The number of hydrogen-bond donors (Lipinski definition) is 0. The average Bonchev–Trinajstić information content (AvgIpc) is 3.39. The molecule has 1 atom stereocenters. The van der Waals surface area contributed by atoms with Gasteiger partial charge in [-0.2, -0.15) is 4.48 Å². The minimum atomic E-state index is -0.0879. The lowest BCUT2D eigenvalue weighted by Crippen LogP contribution is -2.50. The second-order valence-electron chi connectivity index (χ2n) is 6.92. The Morgan fingerprint density at radius 1 is 1.04 bits per heavy atom. The molecule has 1 aliphatic heterocycles. The fourth-order valence-corrected chi connectivity index (χ4v) is 3.71. The molecule has 0 fully saturated rings. The summed E-state index contributed by atoms with van der Waals surface area (Å²) < 4.78 is 1.56. The van der Waals surface area contributed by atoms with E-state index in [0.29, 0.717) is 6.54 Å². The fourth-order valence-electron chi connectivity index (χ4n) is 3.71. The van der Waals surface area contributed by atoms with Gasteiger partial charge in [0.2, 0.25) is 6.34 Å². The summed E-state index contributed by atoms with van der Waals surface area (Å²) >= 11 is 0. The van der Waals surface area contributed by atoms with Crippen molar-refractivity contribution in [3.05, 3.63) is 96.2 Å². The molecule has 1 aliphatic rings. The number of imidazole rings is 1. The Hall–Kier alpha value is -3.31. The van der Waals surface area contributed by atoms with Crippen molar-refractivity contribution in [2.45, 2.75) is 26.3 Å². The van der Waals surface area contributed by atoms with E-state index in [1.165, 1.54) is 0 Å². The molecule has 2 aromatic carbocycles. The Labute approximate surface area is 164 Å². The van der Waals surface area contributed by atoms with E-state index < -0.39 is 0 Å². The number of benzene rings is 2. The van der Waals surface area contributed by atoms with Crippen molar-refractivity contribution in [1.82, 2.24) is 9.55 Å². The first kappa shape index (κ1) is 18.1. The van der Waals surface area contributed by atoms with Gasteiger partial charge in [-0.05, 0) is 18.6 Å². The maximum atomic E-state index is 13.7. The first-order valence-corrected chi connectivity index (χ1v) is 9.53. The molecule has 0 saturated heterocycles. The summed E-state index contributed by atoms with van der Waals surface area (Å²) in [6, 6.07) is 20.1. The molecule has 4 rings (SSSR count). The first-order chi connectivity index (χ1) is 13.7. The highest BCUT2D eigenvalue weighted by Gasteiger charge is 2.47. The van der Waals surface area contributed by atoms with Gasteiger partial charge in [-0.3, -0.25) is 0 Å². The van der Waals surface area contributed by atoms with Crippen LogP contribution in [0.5, 0.6) is 0 Å². The van der Waals surface area contributed by atoms with Crippen molar-refractivity contribution in [3.8, 4) is 0 Å². The van der Waals surface area contributed by atoms with Gasteiger partial charge in [-0.15, -0.1) is 0 Å². The summed E-state index contributed by atoms with van der Waals surface area (Å²) in [5.41, 5.74) is 4.02. The molecule has 1 amide bonds. The zero-order valence-corrected chi connectivity index (χ0v) is 15.9. The molecule has 1 unspecified atom stereocenters. The van der Waals surface area contributed by atoms with Gasteiger partial charge < -0.3 is 0 Å². The van der Waals surface area contributed by atoms with Crippen LogP contribution in [0.25, 0.3) is 5.70 Å². The van der Waals surface area contributed by atoms with E-state index in [1.54, 1.807) is 29.6 Å². The Kier molecular flexibility index (Phi) is 5.00. The lowest BCUT2D eigenvalue weighted by molar-refractivity contribution is -0.685. The average molecular weight is 371 g/mol. The largest absolute Gasteiger partial charge is 0.439 e. The van der Waals surface area contributed by atoms with Crippen molar-refractivity contribution in [3.63, 3.8) is 0 Å². The van der Waals surface area contributed by atoms with Crippen LogP contribution in [0.15, 0.2) is 90.1 Å². The van der Waals surface area contributed by atoms with Crippen LogP contribution in [-0.2, 0) is 6.54 Å². The highest BCUT2D eigenvalue weighted by molar-refractivity contribution is 5.90. The number of carbonyl (C=O) groups is 1. The normalized spacial score (nSPS) is 18.6. The molecule has 2 heterocycles. The smallest absolute Gasteiger partial charge is 0.245 e. The Bertz CT molecular complexity index is 1010. The Morgan fingerprint density at radius 3 is 2.39 bits per heavy atom. The lowest BCUT2D eigenvalue weighted by Gasteiger charge is -2.30. The third kappa shape index (κ3) is 3.21. The number of allylic oxidation sites excluding steroid dienone is 1. The minimum Gasteiger partial charge on any atom is -0.245 e. The number of hydrogen-bond acceptors (Lipinski definition) is 3. The second kappa shape index (κ2) is 7.74. The summed E-state index contributed by atoms with van der Waals surface area (Å²) in [5, 5.41) is 0. The number of nitrogens with zero attached hydrogens (tertiary/aromatic N) is 4. The van der Waals surface area contributed by atoms with Crippen molar-refractivity contribution < 1.29 is 9.28 Å². The minimum absolute atomic E-state index is 0.0136. The van der Waals surface area contributed by atoms with E-state index in [4.69, 9.17) is 4.99 Å². The zero-order chi connectivity index (χ0) is 19.4. The molecular weight excluding hydrogens is 348 g/mol. The molecular formula is C23H23N4O+. The molecule has 0 saturated carbocycles. The van der Waals surface area contributed by atoms with E-state index in [9.17, 15) is 4.79 Å². The number of aliphatic imine (C=N–C) groups is 1. The van der Waals surface area contributed by atoms with Crippen LogP contribution < -0.4 is 0 Å². The van der Waals surface area contributed by atoms with Crippen LogP contribution in [-0.4, -0.2) is 26.4 Å². The molecule has 5 nitrogen and oxygen atoms in total. The van der Waals surface area contributed by atoms with Crippen molar-refractivity contribution in [2.75, 3.05) is 0 Å². The predicted molar refractivity (Wildman–Crippen MR) is 110 cm³/mol. The molecule has 5 heteroatoms. The number of aromatic nitrogens is 2. The van der Waals surface area contributed by atoms with Crippen molar-refractivity contribution in [1.29, 1.82) is 0 Å². The molecule has 28 heavy (non-hydrogen) atoms. The maximum absolute atomic E-state index is 13.7. The van der Waals surface area contributed by atoms with Crippen LogP contribution in [0.2, 0.25) is 0 Å². The Morgan fingerprint density at radius 2 is 1.75 bits per heavy atom. The van der Waals surface area contributed by atoms with Crippen LogP contribution in [0.3, 0.4) is 0 Å². The molecule has 0 bridgehead atoms. The third-order valence-electron chi connectivity index (χ3n) is 4.96. The highest BCUT2D eigenvalue weighted by Crippen LogP contribution is 2.39. The van der Waals surface area contributed by atoms with Crippen molar-refractivity contribution in [2.24, 2.45) is 4.99 Å². The molecule has 0 N–H and O–H groups in total. The second-order valence-corrected chi connectivity index (χ2v) is 6.92. The topological polar surface area (TPSA) is 47.2 Å². The first-order valence-electron chi connectivity index (χ1n) is 9.53. The van der Waals surface area contributed by atoms with Gasteiger partial charge in [0.15, 0.2) is 5.70 Å². The van der Waals surface area contributed by atoms with Crippen LogP contribution in [0, 0.1) is 0 Å². The van der Waals surface area contributed by atoms with Crippen LogP contribution in [0.4, 0.5) is 4.79 Å². The van der Waals surface area contributed by atoms with E-state index in [2.05, 4.69) is 36.2 Å². The molecule has 0 spiro atoms. The highest BCUT2D eigenvalue weighted by atomic mass is 16.2. The molecule has 0 radical (unpaired) electrons. The summed E-state index contributed by atoms with van der Waals surface area (Å²) in [7, 11) is 0. The third-order valence-corrected chi connectivity index (χ3v) is 4.96. The summed E-state index contributed by atoms with van der Waals surface area (Å²) in [6.45, 7) is 2.63. The molecule has 3 aromatic rings. The van der Waals surface area contributed by atoms with Gasteiger partial charge in [0.1, 0.15) is 18.6 Å². The van der Waals surface area contributed by atoms with E-state index >= 15 is 0 Å². The van der Waals surface area contributed by atoms with Gasteiger partial charge in [-0.25, -0.2) is 19.3 Å². The van der Waals surface area contributed by atoms with E-state index in [0.717, 1.165) is 35.4 Å². The standard InChI is InChI=1S/C23H23N4O/c1-2-9-21-22(20-12-7-4-8-13-20)27(18-25-21,16-19-10-5-3-6-11-19)23(28)26-15-14-24-17-26/h3-8,10-15,17-18H,2,9,16H2,1H3/q+1. The van der Waals surface area contributed by atoms with Gasteiger partial charge >= 0.3 is 6.03 Å². The van der Waals surface area contributed by atoms with Crippen LogP contribution in [0.1, 0.15) is 30.9 Å². The monoisotopic (exact) mass is 371 g/mol. The predicted octanol–water partition coefficient (Wildman–Crippen LogP) is 5.08. The lowest BCUT2D eigenvalue weighted by atomic mass is 10.0. The van der Waals surface area contributed by atoms with E-state index in [-0.39, 0.29) is 10.5 Å². The maximum Gasteiger partial charge on any atom is 0.439 e. The van der Waals surface area contributed by atoms with E-state index in [1.807, 2.05) is 36.4 Å². The summed E-state index contributed by atoms with van der Waals surface area (Å²) in [6.07, 6.45) is 8.47. The zero-order valence-electron chi connectivity index (χ0n) is 15.9. The number of carbonyl (C=O) groups excluding carboxylic acids is 1. The van der Waals surface area contributed by atoms with Gasteiger partial charge in [0.05, 0.1) is 0 Å². The van der Waals surface area contributed by atoms with Gasteiger partial charge in [0, 0.05) is 23.5 Å². The summed E-state index contributed by atoms with van der Waals surface area (Å²) in [4.78, 5) is 22.6. The SMILES string of the molecule is CCCC1=C(c2ccccc2)[N+](Cc2ccccc2)(C(=O)n2ccnc2)C=N1. The molecule has 140 valence electrons. The van der Waals surface area contributed by atoms with Crippen molar-refractivity contribution >= 4 is 18.1 Å². The molecule has 0 aliphatic carbocycles. The van der Waals surface area contributed by atoms with Gasteiger partial charge in [-0.1, -0.05) is 61.9 Å². The number of quaternary nitrogens is 1. The quantitative estimate of drug-likeness (QED) is 0.587.